The van der Waals surface area contributed by atoms with E-state index in [9.17, 15) is 9.59 Å². The van der Waals surface area contributed by atoms with E-state index >= 15 is 0 Å². The average molecular weight is 496 g/mol. The molecular weight excluding hydrogens is 478 g/mol. The van der Waals surface area contributed by atoms with Gasteiger partial charge in [-0.3, -0.25) is 18.9 Å². The third-order valence-corrected chi connectivity index (χ3v) is 6.66. The molecule has 0 saturated heterocycles. The number of hydrogen-bond donors (Lipinski definition) is 0. The summed E-state index contributed by atoms with van der Waals surface area (Å²) in [4.78, 5) is 40.9. The molecular formula is C22H18BrN5O2S. The van der Waals surface area contributed by atoms with Crippen molar-refractivity contribution in [3.8, 4) is 0 Å². The molecule has 1 amide bonds. The molecule has 156 valence electrons. The van der Waals surface area contributed by atoms with Gasteiger partial charge in [-0.25, -0.2) is 9.98 Å². The van der Waals surface area contributed by atoms with E-state index in [1.165, 1.54) is 22.2 Å². The van der Waals surface area contributed by atoms with Crippen LogP contribution >= 0.6 is 27.7 Å². The van der Waals surface area contributed by atoms with Crippen LogP contribution in [0.1, 0.15) is 25.1 Å². The molecule has 0 aliphatic carbocycles. The van der Waals surface area contributed by atoms with Gasteiger partial charge in [0.25, 0.3) is 11.5 Å². The van der Waals surface area contributed by atoms with Crippen LogP contribution in [0.2, 0.25) is 0 Å². The Morgan fingerprint density at radius 3 is 2.74 bits per heavy atom. The number of carbonyl (C=O) groups excluding carboxylic acids is 1. The zero-order valence-electron chi connectivity index (χ0n) is 16.8. The summed E-state index contributed by atoms with van der Waals surface area (Å²) in [5.74, 6) is 1.02. The summed E-state index contributed by atoms with van der Waals surface area (Å²) in [7, 11) is 0. The Morgan fingerprint density at radius 2 is 1.94 bits per heavy atom. The van der Waals surface area contributed by atoms with Gasteiger partial charge in [0, 0.05) is 28.1 Å². The minimum atomic E-state index is -0.387. The van der Waals surface area contributed by atoms with E-state index in [1.807, 2.05) is 49.1 Å². The zero-order valence-corrected chi connectivity index (χ0v) is 19.2. The molecule has 2 aliphatic rings. The summed E-state index contributed by atoms with van der Waals surface area (Å²) in [6.45, 7) is 4.02. The number of benzene rings is 1. The van der Waals surface area contributed by atoms with Crippen molar-refractivity contribution in [2.75, 3.05) is 0 Å². The van der Waals surface area contributed by atoms with Crippen LogP contribution in [0.15, 0.2) is 67.9 Å². The normalized spacial score (nSPS) is 17.6. The summed E-state index contributed by atoms with van der Waals surface area (Å²) < 4.78 is 2.32. The van der Waals surface area contributed by atoms with Gasteiger partial charge in [0.1, 0.15) is 17.5 Å². The van der Waals surface area contributed by atoms with Crippen molar-refractivity contribution in [3.63, 3.8) is 0 Å². The molecule has 1 atom stereocenters. The molecule has 0 radical (unpaired) electrons. The number of fused-ring (bicyclic) bond motifs is 4. The largest absolute Gasteiger partial charge is 0.292 e. The van der Waals surface area contributed by atoms with E-state index in [-0.39, 0.29) is 23.4 Å². The van der Waals surface area contributed by atoms with Gasteiger partial charge in [0.05, 0.1) is 11.4 Å². The standard InChI is InChI=1S/C22H18BrN5O2S/c1-12(2)19-21(30)26-20-15-5-3-4-6-16(15)25-22(28(19)20)31-11-14-9-18(29)27-10-13(23)7-8-17(27)24-14/h3-10,12,19H,11H2,1-2H3. The van der Waals surface area contributed by atoms with Gasteiger partial charge in [-0.2, -0.15) is 4.99 Å². The van der Waals surface area contributed by atoms with Gasteiger partial charge in [-0.1, -0.05) is 37.7 Å². The zero-order chi connectivity index (χ0) is 21.7. The minimum Gasteiger partial charge on any atom is -0.292 e. The lowest BCUT2D eigenvalue weighted by atomic mass is 10.0. The van der Waals surface area contributed by atoms with Crippen molar-refractivity contribution < 1.29 is 4.79 Å². The van der Waals surface area contributed by atoms with Crippen LogP contribution in [-0.2, 0) is 10.5 Å². The number of halogens is 1. The summed E-state index contributed by atoms with van der Waals surface area (Å²) in [6, 6.07) is 12.5. The molecule has 7 nitrogen and oxygen atoms in total. The van der Waals surface area contributed by atoms with E-state index in [4.69, 9.17) is 4.99 Å². The van der Waals surface area contributed by atoms with E-state index < -0.39 is 0 Å². The molecule has 2 aromatic heterocycles. The smallest absolute Gasteiger partial charge is 0.271 e. The second-order valence-corrected chi connectivity index (χ2v) is 9.55. The number of aromatic nitrogens is 2. The fraction of sp³-hybridized carbons (Fsp3) is 0.227. The van der Waals surface area contributed by atoms with Crippen LogP contribution in [0.3, 0.4) is 0 Å². The highest BCUT2D eigenvalue weighted by Crippen LogP contribution is 2.36. The number of pyridine rings is 1. The third kappa shape index (κ3) is 3.51. The Bertz CT molecular complexity index is 1350. The van der Waals surface area contributed by atoms with Crippen LogP contribution in [0.4, 0.5) is 5.69 Å². The topological polar surface area (TPSA) is 79.4 Å². The highest BCUT2D eigenvalue weighted by atomic mass is 79.9. The van der Waals surface area contributed by atoms with Crippen LogP contribution in [-0.4, -0.2) is 37.2 Å². The van der Waals surface area contributed by atoms with Crippen molar-refractivity contribution >= 4 is 55.9 Å². The van der Waals surface area contributed by atoms with Crippen molar-refractivity contribution in [3.05, 3.63) is 74.7 Å². The monoisotopic (exact) mass is 495 g/mol. The Balaban J connectivity index is 1.51. The minimum absolute atomic E-state index is 0.0756. The maximum atomic E-state index is 12.7. The first-order valence-electron chi connectivity index (χ1n) is 9.83. The molecule has 1 aromatic carbocycles. The molecule has 5 rings (SSSR count). The number of rotatable bonds is 3. The van der Waals surface area contributed by atoms with Crippen LogP contribution in [0.5, 0.6) is 0 Å². The number of amidine groups is 2. The number of amides is 1. The first kappa shape index (κ1) is 20.1. The number of thioether (sulfide) groups is 1. The average Bonchev–Trinajstić information content (AvgIpc) is 3.10. The lowest BCUT2D eigenvalue weighted by molar-refractivity contribution is -0.120. The first-order valence-corrected chi connectivity index (χ1v) is 11.6. The Hall–Kier alpha value is -2.78. The number of hydrogen-bond acceptors (Lipinski definition) is 6. The molecule has 1 unspecified atom stereocenters. The molecule has 4 heterocycles. The maximum Gasteiger partial charge on any atom is 0.271 e. The van der Waals surface area contributed by atoms with Gasteiger partial charge in [0.2, 0.25) is 0 Å². The molecule has 9 heteroatoms. The van der Waals surface area contributed by atoms with Gasteiger partial charge in [-0.05, 0) is 46.1 Å². The Kier molecular flexibility index (Phi) is 5.02. The molecule has 2 aliphatic heterocycles. The fourth-order valence-electron chi connectivity index (χ4n) is 3.81. The highest BCUT2D eigenvalue weighted by molar-refractivity contribution is 9.10. The van der Waals surface area contributed by atoms with E-state index in [0.717, 1.165) is 15.7 Å². The summed E-state index contributed by atoms with van der Waals surface area (Å²) in [6.07, 6.45) is 1.70. The van der Waals surface area contributed by atoms with Crippen LogP contribution < -0.4 is 5.56 Å². The quantitative estimate of drug-likeness (QED) is 0.548. The maximum absolute atomic E-state index is 12.7. The third-order valence-electron chi connectivity index (χ3n) is 5.20. The molecule has 3 aromatic rings. The lowest BCUT2D eigenvalue weighted by Crippen LogP contribution is -2.46. The molecule has 31 heavy (non-hydrogen) atoms. The predicted octanol–water partition coefficient (Wildman–Crippen LogP) is 4.00. The molecule has 0 N–H and O–H groups in total. The molecule has 0 spiro atoms. The Morgan fingerprint density at radius 1 is 1.13 bits per heavy atom. The predicted molar refractivity (Wildman–Crippen MR) is 126 cm³/mol. The molecule has 0 fully saturated rings. The van der Waals surface area contributed by atoms with Crippen LogP contribution in [0, 0.1) is 5.92 Å². The highest BCUT2D eigenvalue weighted by Gasteiger charge is 2.43. The second-order valence-electron chi connectivity index (χ2n) is 7.69. The number of carbonyl (C=O) groups is 1. The van der Waals surface area contributed by atoms with Gasteiger partial charge in [0.15, 0.2) is 5.17 Å². The number of aliphatic imine (C=N–C) groups is 2. The van der Waals surface area contributed by atoms with E-state index in [0.29, 0.717) is 28.1 Å². The molecule has 0 bridgehead atoms. The second kappa shape index (κ2) is 7.72. The summed E-state index contributed by atoms with van der Waals surface area (Å²) >= 11 is 4.83. The first-order chi connectivity index (χ1) is 14.9. The van der Waals surface area contributed by atoms with Gasteiger partial charge < -0.3 is 0 Å². The Labute approximate surface area is 191 Å². The number of nitrogens with zero attached hydrogens (tertiary/aromatic N) is 5. The SMILES string of the molecule is CC(C)C1C(=O)N=C2c3ccccc3N=C(SCc3cc(=O)n4cc(Br)ccc4n3)N21. The summed E-state index contributed by atoms with van der Waals surface area (Å²) in [5.41, 5.74) is 2.74. The van der Waals surface area contributed by atoms with Crippen molar-refractivity contribution in [2.24, 2.45) is 15.9 Å². The van der Waals surface area contributed by atoms with E-state index in [1.54, 1.807) is 12.3 Å². The fourth-order valence-corrected chi connectivity index (χ4v) is 5.07. The van der Waals surface area contributed by atoms with E-state index in [2.05, 4.69) is 25.9 Å². The summed E-state index contributed by atoms with van der Waals surface area (Å²) in [5, 5.41) is 0.694. The lowest BCUT2D eigenvalue weighted by Gasteiger charge is -2.32. The van der Waals surface area contributed by atoms with Gasteiger partial charge >= 0.3 is 0 Å². The van der Waals surface area contributed by atoms with Crippen molar-refractivity contribution in [1.82, 2.24) is 14.3 Å². The van der Waals surface area contributed by atoms with Crippen molar-refractivity contribution in [1.29, 1.82) is 0 Å². The van der Waals surface area contributed by atoms with Gasteiger partial charge in [-0.15, -0.1) is 0 Å². The van der Waals surface area contributed by atoms with Crippen molar-refractivity contribution in [2.45, 2.75) is 25.6 Å². The molecule has 0 saturated carbocycles. The number of para-hydroxylation sites is 1. The van der Waals surface area contributed by atoms with Crippen LogP contribution in [0.25, 0.3) is 5.65 Å².